The van der Waals surface area contributed by atoms with Crippen LogP contribution in [-0.4, -0.2) is 47.6 Å². The monoisotopic (exact) mass is 271 g/mol. The summed E-state index contributed by atoms with van der Waals surface area (Å²) < 4.78 is 0. The SMILES string of the molecule is CCCN(CCO)C(=O)c1cc(Cl)nc(NC)c1. The summed E-state index contributed by atoms with van der Waals surface area (Å²) >= 11 is 5.86. The van der Waals surface area contributed by atoms with Crippen LogP contribution < -0.4 is 5.32 Å². The number of hydrogen-bond acceptors (Lipinski definition) is 4. The summed E-state index contributed by atoms with van der Waals surface area (Å²) in [5.41, 5.74) is 0.473. The van der Waals surface area contributed by atoms with E-state index in [-0.39, 0.29) is 17.7 Å². The maximum absolute atomic E-state index is 12.2. The van der Waals surface area contributed by atoms with Crippen LogP contribution in [0.5, 0.6) is 0 Å². The molecule has 5 nitrogen and oxygen atoms in total. The molecule has 6 heteroatoms. The van der Waals surface area contributed by atoms with Crippen LogP contribution in [0.4, 0.5) is 5.82 Å². The van der Waals surface area contributed by atoms with Crippen LogP contribution in [0.25, 0.3) is 0 Å². The number of hydrogen-bond donors (Lipinski definition) is 2. The highest BCUT2D eigenvalue weighted by Crippen LogP contribution is 2.16. The first-order valence-electron chi connectivity index (χ1n) is 5.87. The molecular formula is C12H18ClN3O2. The lowest BCUT2D eigenvalue weighted by Gasteiger charge is -2.21. The minimum Gasteiger partial charge on any atom is -0.395 e. The van der Waals surface area contributed by atoms with Crippen LogP contribution in [0.15, 0.2) is 12.1 Å². The van der Waals surface area contributed by atoms with E-state index in [1.165, 1.54) is 6.07 Å². The van der Waals surface area contributed by atoms with Gasteiger partial charge in [-0.15, -0.1) is 0 Å². The van der Waals surface area contributed by atoms with Crippen molar-refractivity contribution in [1.82, 2.24) is 9.88 Å². The number of aromatic nitrogens is 1. The Balaban J connectivity index is 2.96. The first-order chi connectivity index (χ1) is 8.62. The predicted octanol–water partition coefficient (Wildman–Crippen LogP) is 1.62. The van der Waals surface area contributed by atoms with Crippen LogP contribution in [0.3, 0.4) is 0 Å². The van der Waals surface area contributed by atoms with E-state index >= 15 is 0 Å². The topological polar surface area (TPSA) is 65.5 Å². The molecule has 1 heterocycles. The third-order valence-electron chi connectivity index (χ3n) is 2.45. The van der Waals surface area contributed by atoms with E-state index in [2.05, 4.69) is 10.3 Å². The fraction of sp³-hybridized carbons (Fsp3) is 0.500. The average Bonchev–Trinajstić information content (AvgIpc) is 2.36. The normalized spacial score (nSPS) is 10.2. The first-order valence-corrected chi connectivity index (χ1v) is 6.25. The smallest absolute Gasteiger partial charge is 0.254 e. The molecular weight excluding hydrogens is 254 g/mol. The van der Waals surface area contributed by atoms with Crippen LogP contribution in [0.2, 0.25) is 5.15 Å². The molecule has 0 saturated heterocycles. The highest BCUT2D eigenvalue weighted by molar-refractivity contribution is 6.29. The van der Waals surface area contributed by atoms with E-state index < -0.39 is 0 Å². The van der Waals surface area contributed by atoms with Gasteiger partial charge < -0.3 is 15.3 Å². The van der Waals surface area contributed by atoms with Crippen molar-refractivity contribution in [3.8, 4) is 0 Å². The number of aliphatic hydroxyl groups is 1. The van der Waals surface area contributed by atoms with Crippen LogP contribution in [0, 0.1) is 0 Å². The van der Waals surface area contributed by atoms with Gasteiger partial charge in [-0.05, 0) is 18.6 Å². The molecule has 100 valence electrons. The number of rotatable bonds is 6. The number of carbonyl (C=O) groups excluding carboxylic acids is 1. The molecule has 2 N–H and O–H groups in total. The molecule has 0 atom stereocenters. The summed E-state index contributed by atoms with van der Waals surface area (Å²) in [6, 6.07) is 3.18. The van der Waals surface area contributed by atoms with Gasteiger partial charge in [0.05, 0.1) is 6.61 Å². The number of halogens is 1. The molecule has 1 rings (SSSR count). The third-order valence-corrected chi connectivity index (χ3v) is 2.64. The van der Waals surface area contributed by atoms with Crippen molar-refractivity contribution < 1.29 is 9.90 Å². The van der Waals surface area contributed by atoms with E-state index in [0.717, 1.165) is 6.42 Å². The molecule has 0 spiro atoms. The first kappa shape index (κ1) is 14.7. The zero-order chi connectivity index (χ0) is 13.5. The van der Waals surface area contributed by atoms with Crippen LogP contribution >= 0.6 is 11.6 Å². The Morgan fingerprint density at radius 3 is 2.78 bits per heavy atom. The summed E-state index contributed by atoms with van der Waals surface area (Å²) in [6.07, 6.45) is 0.837. The number of anilines is 1. The van der Waals surface area contributed by atoms with Gasteiger partial charge in [-0.3, -0.25) is 4.79 Å². The number of nitrogens with zero attached hydrogens (tertiary/aromatic N) is 2. The third kappa shape index (κ3) is 3.85. The molecule has 0 aliphatic carbocycles. The van der Waals surface area contributed by atoms with Crippen molar-refractivity contribution in [2.24, 2.45) is 0 Å². The van der Waals surface area contributed by atoms with Gasteiger partial charge in [0.15, 0.2) is 0 Å². The van der Waals surface area contributed by atoms with Gasteiger partial charge in [-0.25, -0.2) is 4.98 Å². The molecule has 0 aromatic carbocycles. The molecule has 0 bridgehead atoms. The van der Waals surface area contributed by atoms with Crippen LogP contribution in [0.1, 0.15) is 23.7 Å². The van der Waals surface area contributed by atoms with Gasteiger partial charge in [0.1, 0.15) is 11.0 Å². The minimum absolute atomic E-state index is 0.0521. The van der Waals surface area contributed by atoms with Crippen molar-refractivity contribution in [2.45, 2.75) is 13.3 Å². The lowest BCUT2D eigenvalue weighted by Crippen LogP contribution is -2.34. The summed E-state index contributed by atoms with van der Waals surface area (Å²) in [4.78, 5) is 17.9. The van der Waals surface area contributed by atoms with E-state index in [0.29, 0.717) is 24.5 Å². The Morgan fingerprint density at radius 1 is 1.50 bits per heavy atom. The lowest BCUT2D eigenvalue weighted by atomic mass is 10.2. The Kier molecular flexibility index (Phi) is 5.88. The summed E-state index contributed by atoms with van der Waals surface area (Å²) in [6.45, 7) is 2.86. The van der Waals surface area contributed by atoms with E-state index in [4.69, 9.17) is 16.7 Å². The van der Waals surface area contributed by atoms with Gasteiger partial charge in [-0.2, -0.15) is 0 Å². The van der Waals surface area contributed by atoms with Crippen molar-refractivity contribution in [3.05, 3.63) is 22.8 Å². The second kappa shape index (κ2) is 7.18. The Labute approximate surface area is 112 Å². The highest BCUT2D eigenvalue weighted by Gasteiger charge is 2.16. The zero-order valence-electron chi connectivity index (χ0n) is 10.6. The molecule has 0 aliphatic heterocycles. The quantitative estimate of drug-likeness (QED) is 0.772. The Bertz CT molecular complexity index is 406. The number of amides is 1. The summed E-state index contributed by atoms with van der Waals surface area (Å²) in [5.74, 6) is 0.401. The number of nitrogens with one attached hydrogen (secondary N) is 1. The predicted molar refractivity (Wildman–Crippen MR) is 72.1 cm³/mol. The van der Waals surface area contributed by atoms with Gasteiger partial charge in [0, 0.05) is 25.7 Å². The number of carbonyl (C=O) groups is 1. The second-order valence-corrected chi connectivity index (χ2v) is 4.22. The van der Waals surface area contributed by atoms with Gasteiger partial charge in [0.2, 0.25) is 0 Å². The maximum atomic E-state index is 12.2. The van der Waals surface area contributed by atoms with Gasteiger partial charge >= 0.3 is 0 Å². The molecule has 18 heavy (non-hydrogen) atoms. The van der Waals surface area contributed by atoms with E-state index in [1.807, 2.05) is 6.92 Å². The van der Waals surface area contributed by atoms with E-state index in [1.54, 1.807) is 18.0 Å². The number of aliphatic hydroxyl groups excluding tert-OH is 1. The standard InChI is InChI=1S/C12H18ClN3O2/c1-3-4-16(5-6-17)12(18)9-7-10(13)15-11(8-9)14-2/h7-8,17H,3-6H2,1-2H3,(H,14,15). The highest BCUT2D eigenvalue weighted by atomic mass is 35.5. The minimum atomic E-state index is -0.147. The maximum Gasteiger partial charge on any atom is 0.254 e. The Morgan fingerprint density at radius 2 is 2.22 bits per heavy atom. The molecule has 0 radical (unpaired) electrons. The second-order valence-electron chi connectivity index (χ2n) is 3.83. The molecule has 0 fully saturated rings. The van der Waals surface area contributed by atoms with E-state index in [9.17, 15) is 4.79 Å². The largest absolute Gasteiger partial charge is 0.395 e. The number of pyridine rings is 1. The molecule has 1 aromatic rings. The Hall–Kier alpha value is -1.33. The molecule has 0 aliphatic rings. The zero-order valence-corrected chi connectivity index (χ0v) is 11.4. The van der Waals surface area contributed by atoms with Gasteiger partial charge in [0.25, 0.3) is 5.91 Å². The lowest BCUT2D eigenvalue weighted by molar-refractivity contribution is 0.0722. The van der Waals surface area contributed by atoms with Crippen LogP contribution in [-0.2, 0) is 0 Å². The van der Waals surface area contributed by atoms with Crippen molar-refractivity contribution in [2.75, 3.05) is 32.1 Å². The van der Waals surface area contributed by atoms with Crippen molar-refractivity contribution in [3.63, 3.8) is 0 Å². The fourth-order valence-electron chi connectivity index (χ4n) is 1.64. The average molecular weight is 272 g/mol. The molecule has 0 saturated carbocycles. The van der Waals surface area contributed by atoms with Crippen molar-refractivity contribution in [1.29, 1.82) is 0 Å². The fourth-order valence-corrected chi connectivity index (χ4v) is 1.85. The molecule has 0 unspecified atom stereocenters. The molecule has 1 amide bonds. The van der Waals surface area contributed by atoms with Gasteiger partial charge in [-0.1, -0.05) is 18.5 Å². The summed E-state index contributed by atoms with van der Waals surface area (Å²) in [7, 11) is 1.71. The van der Waals surface area contributed by atoms with Crippen molar-refractivity contribution >= 4 is 23.3 Å². The summed E-state index contributed by atoms with van der Waals surface area (Å²) in [5, 5.41) is 12.1. The molecule has 1 aromatic heterocycles.